The van der Waals surface area contributed by atoms with Crippen LogP contribution < -0.4 is 14.4 Å². The van der Waals surface area contributed by atoms with E-state index in [1.165, 1.54) is 0 Å². The first kappa shape index (κ1) is 25.4. The highest BCUT2D eigenvalue weighted by atomic mass is 32.2. The van der Waals surface area contributed by atoms with Crippen molar-refractivity contribution in [2.24, 2.45) is 0 Å². The number of ether oxygens (including phenoxy) is 3. The number of benzene rings is 2. The van der Waals surface area contributed by atoms with Crippen LogP contribution in [0.4, 0.5) is 5.69 Å². The molecule has 6 nitrogen and oxygen atoms in total. The SMILES string of the molecule is CCOCCN(CCCOc1ccc(OC)cc1C1Sc2ccccc2N1C(C)=O)C(C)C. The Labute approximate surface area is 202 Å². The first-order chi connectivity index (χ1) is 16.0. The van der Waals surface area contributed by atoms with Crippen LogP contribution in [0.5, 0.6) is 11.5 Å². The number of fused-ring (bicyclic) bond motifs is 1. The number of rotatable bonds is 12. The zero-order valence-corrected chi connectivity index (χ0v) is 21.2. The molecule has 2 aromatic rings. The van der Waals surface area contributed by atoms with Crippen molar-refractivity contribution < 1.29 is 19.0 Å². The molecule has 3 rings (SSSR count). The lowest BCUT2D eigenvalue weighted by Crippen LogP contribution is -2.35. The van der Waals surface area contributed by atoms with Crippen LogP contribution in [0.2, 0.25) is 0 Å². The fraction of sp³-hybridized carbons (Fsp3) is 0.500. The van der Waals surface area contributed by atoms with Crippen molar-refractivity contribution in [3.05, 3.63) is 48.0 Å². The molecule has 1 unspecified atom stereocenters. The number of carbonyl (C=O) groups is 1. The van der Waals surface area contributed by atoms with E-state index >= 15 is 0 Å². The summed E-state index contributed by atoms with van der Waals surface area (Å²) in [6.45, 7) is 12.0. The van der Waals surface area contributed by atoms with Gasteiger partial charge >= 0.3 is 0 Å². The molecule has 1 atom stereocenters. The summed E-state index contributed by atoms with van der Waals surface area (Å²) < 4.78 is 17.3. The van der Waals surface area contributed by atoms with E-state index in [4.69, 9.17) is 14.2 Å². The Kier molecular flexibility index (Phi) is 9.47. The van der Waals surface area contributed by atoms with E-state index in [1.54, 1.807) is 25.8 Å². The number of nitrogens with zero attached hydrogens (tertiary/aromatic N) is 2. The zero-order chi connectivity index (χ0) is 23.8. The standard InChI is InChI=1S/C26H36N2O4S/c1-6-31-17-15-27(19(2)3)14-9-16-32-24-13-12-21(30-5)18-22(24)26-28(20(4)29)23-10-7-8-11-25(23)33-26/h7-8,10-13,18-19,26H,6,9,14-17H2,1-5H3. The number of methoxy groups -OCH3 is 1. The minimum atomic E-state index is -0.191. The highest BCUT2D eigenvalue weighted by Crippen LogP contribution is 2.53. The van der Waals surface area contributed by atoms with E-state index in [2.05, 4.69) is 24.8 Å². The van der Waals surface area contributed by atoms with Crippen LogP contribution in [0.15, 0.2) is 47.4 Å². The molecule has 2 aromatic carbocycles. The summed E-state index contributed by atoms with van der Waals surface area (Å²) >= 11 is 1.67. The lowest BCUT2D eigenvalue weighted by atomic mass is 10.1. The molecule has 0 N–H and O–H groups in total. The summed E-state index contributed by atoms with van der Waals surface area (Å²) in [5, 5.41) is -0.191. The first-order valence-electron chi connectivity index (χ1n) is 11.6. The van der Waals surface area contributed by atoms with E-state index in [-0.39, 0.29) is 11.3 Å². The predicted octanol–water partition coefficient (Wildman–Crippen LogP) is 5.37. The van der Waals surface area contributed by atoms with Crippen LogP contribution in [0.1, 0.15) is 45.1 Å². The molecule has 1 heterocycles. The fourth-order valence-corrected chi connectivity index (χ4v) is 5.34. The highest BCUT2D eigenvalue weighted by Gasteiger charge is 2.35. The van der Waals surface area contributed by atoms with Gasteiger partial charge in [-0.05, 0) is 57.5 Å². The number of amides is 1. The number of anilines is 1. The molecule has 1 aliphatic heterocycles. The average molecular weight is 473 g/mol. The minimum absolute atomic E-state index is 0.00749. The van der Waals surface area contributed by atoms with Crippen molar-refractivity contribution >= 4 is 23.4 Å². The second-order valence-corrected chi connectivity index (χ2v) is 9.38. The number of hydrogen-bond donors (Lipinski definition) is 0. The first-order valence-corrected chi connectivity index (χ1v) is 12.5. The Morgan fingerprint density at radius 1 is 1.15 bits per heavy atom. The summed E-state index contributed by atoms with van der Waals surface area (Å²) in [7, 11) is 1.65. The van der Waals surface area contributed by atoms with Crippen LogP contribution in [-0.4, -0.2) is 56.9 Å². The quantitative estimate of drug-likeness (QED) is 0.387. The lowest BCUT2D eigenvalue weighted by molar-refractivity contribution is -0.116. The maximum absolute atomic E-state index is 12.6. The van der Waals surface area contributed by atoms with Crippen LogP contribution >= 0.6 is 11.8 Å². The molecule has 180 valence electrons. The van der Waals surface area contributed by atoms with Crippen LogP contribution in [-0.2, 0) is 9.53 Å². The Morgan fingerprint density at radius 3 is 2.64 bits per heavy atom. The van der Waals surface area contributed by atoms with E-state index < -0.39 is 0 Å². The van der Waals surface area contributed by atoms with E-state index in [0.717, 1.165) is 60.4 Å². The molecule has 0 aromatic heterocycles. The average Bonchev–Trinajstić information content (AvgIpc) is 3.20. The molecule has 0 spiro atoms. The number of para-hydroxylation sites is 1. The molecule has 33 heavy (non-hydrogen) atoms. The van der Waals surface area contributed by atoms with Gasteiger partial charge in [0.05, 0.1) is 26.0 Å². The Hall–Kier alpha value is -2.22. The van der Waals surface area contributed by atoms with Gasteiger partial charge in [-0.2, -0.15) is 0 Å². The van der Waals surface area contributed by atoms with Crippen molar-refractivity contribution in [3.63, 3.8) is 0 Å². The van der Waals surface area contributed by atoms with Crippen LogP contribution in [0, 0.1) is 0 Å². The third-order valence-electron chi connectivity index (χ3n) is 5.72. The minimum Gasteiger partial charge on any atom is -0.497 e. The number of carbonyl (C=O) groups excluding carboxylic acids is 1. The topological polar surface area (TPSA) is 51.2 Å². The zero-order valence-electron chi connectivity index (χ0n) is 20.4. The molecule has 0 fully saturated rings. The molecule has 1 aliphatic rings. The fourth-order valence-electron chi connectivity index (χ4n) is 3.97. The molecule has 0 aliphatic carbocycles. The van der Waals surface area contributed by atoms with E-state index in [1.807, 2.05) is 48.2 Å². The third kappa shape index (κ3) is 6.43. The van der Waals surface area contributed by atoms with Crippen molar-refractivity contribution in [1.29, 1.82) is 0 Å². The van der Waals surface area contributed by atoms with Gasteiger partial charge in [-0.3, -0.25) is 14.6 Å². The molecule has 0 saturated heterocycles. The van der Waals surface area contributed by atoms with Crippen molar-refractivity contribution in [3.8, 4) is 11.5 Å². The second kappa shape index (κ2) is 12.3. The van der Waals surface area contributed by atoms with Gasteiger partial charge < -0.3 is 14.2 Å². The maximum Gasteiger partial charge on any atom is 0.225 e. The lowest BCUT2D eigenvalue weighted by Gasteiger charge is -2.27. The summed E-state index contributed by atoms with van der Waals surface area (Å²) in [6, 6.07) is 14.3. The highest BCUT2D eigenvalue weighted by molar-refractivity contribution is 8.00. The monoisotopic (exact) mass is 472 g/mol. The van der Waals surface area contributed by atoms with Crippen LogP contribution in [0.3, 0.4) is 0 Å². The Morgan fingerprint density at radius 2 is 1.94 bits per heavy atom. The normalized spacial score (nSPS) is 15.2. The molecule has 0 saturated carbocycles. The summed E-state index contributed by atoms with van der Waals surface area (Å²) in [5.74, 6) is 1.55. The van der Waals surface area contributed by atoms with Gasteiger partial charge in [0, 0.05) is 43.1 Å². The number of hydrogen-bond acceptors (Lipinski definition) is 6. The molecule has 0 bridgehead atoms. The van der Waals surface area contributed by atoms with E-state index in [0.29, 0.717) is 12.6 Å². The molecular formula is C26H36N2O4S. The van der Waals surface area contributed by atoms with Crippen molar-refractivity contribution in [2.75, 3.05) is 44.9 Å². The van der Waals surface area contributed by atoms with Gasteiger partial charge in [0.25, 0.3) is 0 Å². The van der Waals surface area contributed by atoms with Gasteiger partial charge in [0.15, 0.2) is 0 Å². The maximum atomic E-state index is 12.6. The second-order valence-electron chi connectivity index (χ2n) is 8.26. The van der Waals surface area contributed by atoms with Gasteiger partial charge in [-0.25, -0.2) is 0 Å². The van der Waals surface area contributed by atoms with Crippen molar-refractivity contribution in [2.45, 2.75) is 50.4 Å². The Bertz CT molecular complexity index is 921. The van der Waals surface area contributed by atoms with E-state index in [9.17, 15) is 4.79 Å². The van der Waals surface area contributed by atoms with Gasteiger partial charge in [0.2, 0.25) is 5.91 Å². The molecule has 0 radical (unpaired) electrons. The summed E-state index contributed by atoms with van der Waals surface area (Å²) in [4.78, 5) is 17.9. The smallest absolute Gasteiger partial charge is 0.225 e. The van der Waals surface area contributed by atoms with Gasteiger partial charge in [-0.1, -0.05) is 23.9 Å². The predicted molar refractivity (Wildman–Crippen MR) is 135 cm³/mol. The number of thioether (sulfide) groups is 1. The largest absolute Gasteiger partial charge is 0.497 e. The van der Waals surface area contributed by atoms with Gasteiger partial charge in [-0.15, -0.1) is 0 Å². The van der Waals surface area contributed by atoms with Crippen molar-refractivity contribution in [1.82, 2.24) is 4.90 Å². The summed E-state index contributed by atoms with van der Waals surface area (Å²) in [5.41, 5.74) is 1.89. The molecule has 1 amide bonds. The Balaban J connectivity index is 1.72. The third-order valence-corrected chi connectivity index (χ3v) is 7.01. The molecular weight excluding hydrogens is 436 g/mol. The molecule has 7 heteroatoms. The van der Waals surface area contributed by atoms with Crippen LogP contribution in [0.25, 0.3) is 0 Å². The van der Waals surface area contributed by atoms with Gasteiger partial charge in [0.1, 0.15) is 16.9 Å². The summed E-state index contributed by atoms with van der Waals surface area (Å²) in [6.07, 6.45) is 0.907.